The number of anilines is 2. The van der Waals surface area contributed by atoms with E-state index < -0.39 is 11.7 Å². The molecule has 0 radical (unpaired) electrons. The molecule has 3 N–H and O–H groups in total. The van der Waals surface area contributed by atoms with Crippen molar-refractivity contribution in [2.45, 2.75) is 18.5 Å². The van der Waals surface area contributed by atoms with Gasteiger partial charge in [0.15, 0.2) is 5.16 Å². The molecule has 2 aromatic carbocycles. The molecule has 0 saturated heterocycles. The number of carbonyl (C=O) groups excluding carboxylic acids is 2. The number of benzene rings is 2. The number of nitrogens with zero attached hydrogens (tertiary/aromatic N) is 3. The molecule has 3 rings (SSSR count). The summed E-state index contributed by atoms with van der Waals surface area (Å²) in [6, 6.07) is 13.2. The van der Waals surface area contributed by atoms with Crippen molar-refractivity contribution in [3.05, 3.63) is 54.3 Å². The number of rotatable bonds is 9. The Kier molecular flexibility index (Phi) is 7.18. The first-order valence-electron chi connectivity index (χ1n) is 9.45. The van der Waals surface area contributed by atoms with Crippen LogP contribution in [-0.4, -0.2) is 40.6 Å². The van der Waals surface area contributed by atoms with E-state index in [1.165, 1.54) is 40.9 Å². The van der Waals surface area contributed by atoms with Gasteiger partial charge in [-0.05, 0) is 43.3 Å². The predicted octanol–water partition coefficient (Wildman–Crippen LogP) is 3.20. The van der Waals surface area contributed by atoms with Crippen molar-refractivity contribution >= 4 is 46.0 Å². The number of halogens is 1. The number of fused-ring (bicyclic) bond motifs is 1. The number of primary amides is 1. The molecule has 7 nitrogen and oxygen atoms in total. The molecule has 1 heterocycles. The second kappa shape index (κ2) is 10.0. The molecule has 2 amide bonds. The third kappa shape index (κ3) is 5.44. The Morgan fingerprint density at radius 1 is 1.13 bits per heavy atom. The Morgan fingerprint density at radius 3 is 2.57 bits per heavy atom. The van der Waals surface area contributed by atoms with Crippen LogP contribution < -0.4 is 16.0 Å². The van der Waals surface area contributed by atoms with Gasteiger partial charge in [0.1, 0.15) is 11.6 Å². The monoisotopic (exact) mass is 427 g/mol. The number of amides is 2. The van der Waals surface area contributed by atoms with E-state index in [0.717, 1.165) is 10.9 Å². The van der Waals surface area contributed by atoms with Gasteiger partial charge in [-0.2, -0.15) is 0 Å². The topological polar surface area (TPSA) is 101 Å². The average Bonchev–Trinajstić information content (AvgIpc) is 2.73. The molecule has 0 aliphatic heterocycles. The van der Waals surface area contributed by atoms with Crippen LogP contribution in [0.1, 0.15) is 13.3 Å². The van der Waals surface area contributed by atoms with E-state index in [2.05, 4.69) is 15.3 Å². The van der Waals surface area contributed by atoms with Gasteiger partial charge < -0.3 is 16.0 Å². The highest BCUT2D eigenvalue weighted by atomic mass is 32.2. The van der Waals surface area contributed by atoms with Crippen LogP contribution in [0.2, 0.25) is 0 Å². The predicted molar refractivity (Wildman–Crippen MR) is 117 cm³/mol. The fourth-order valence-electron chi connectivity index (χ4n) is 2.87. The summed E-state index contributed by atoms with van der Waals surface area (Å²) in [7, 11) is 0. The van der Waals surface area contributed by atoms with Crippen LogP contribution in [0.3, 0.4) is 0 Å². The first-order chi connectivity index (χ1) is 14.5. The third-order valence-electron chi connectivity index (χ3n) is 4.27. The molecule has 1 aromatic heterocycles. The highest BCUT2D eigenvalue weighted by molar-refractivity contribution is 7.99. The minimum atomic E-state index is -0.518. The molecule has 0 aliphatic rings. The number of nitrogens with two attached hydrogens (primary N) is 1. The quantitative estimate of drug-likeness (QED) is 0.402. The SMILES string of the molecule is CCNc1nc(SCC(=O)N(CCC(N)=O)c2ccc(F)cc2)nc2ccccc12. The second-order valence-electron chi connectivity index (χ2n) is 6.43. The van der Waals surface area contributed by atoms with Crippen molar-refractivity contribution in [2.24, 2.45) is 5.73 Å². The van der Waals surface area contributed by atoms with E-state index in [0.29, 0.717) is 23.2 Å². The van der Waals surface area contributed by atoms with Gasteiger partial charge in [-0.3, -0.25) is 9.59 Å². The molecule has 0 spiro atoms. The van der Waals surface area contributed by atoms with E-state index in [9.17, 15) is 14.0 Å². The number of nitrogens with one attached hydrogen (secondary N) is 1. The lowest BCUT2D eigenvalue weighted by molar-refractivity contribution is -0.118. The number of thioether (sulfide) groups is 1. The van der Waals surface area contributed by atoms with Crippen molar-refractivity contribution in [2.75, 3.05) is 29.1 Å². The molecule has 9 heteroatoms. The van der Waals surface area contributed by atoms with E-state index in [4.69, 9.17) is 5.73 Å². The zero-order valence-electron chi connectivity index (χ0n) is 16.5. The summed E-state index contributed by atoms with van der Waals surface area (Å²) in [4.78, 5) is 34.6. The maximum atomic E-state index is 13.3. The Hall–Kier alpha value is -3.20. The molecule has 0 atom stereocenters. The number of hydrogen-bond acceptors (Lipinski definition) is 6. The Bertz CT molecular complexity index is 1050. The van der Waals surface area contributed by atoms with E-state index >= 15 is 0 Å². The molecular weight excluding hydrogens is 405 g/mol. The van der Waals surface area contributed by atoms with Gasteiger partial charge in [0, 0.05) is 30.6 Å². The lowest BCUT2D eigenvalue weighted by atomic mass is 10.2. The molecule has 156 valence electrons. The Morgan fingerprint density at radius 2 is 1.87 bits per heavy atom. The van der Waals surface area contributed by atoms with Gasteiger partial charge in [-0.1, -0.05) is 23.9 Å². The number of carbonyl (C=O) groups is 2. The van der Waals surface area contributed by atoms with Gasteiger partial charge >= 0.3 is 0 Å². The molecule has 0 unspecified atom stereocenters. The number of para-hydroxylation sites is 1. The molecule has 0 saturated carbocycles. The van der Waals surface area contributed by atoms with Crippen molar-refractivity contribution in [3.8, 4) is 0 Å². The van der Waals surface area contributed by atoms with Crippen LogP contribution in [0, 0.1) is 5.82 Å². The van der Waals surface area contributed by atoms with Crippen LogP contribution in [0.4, 0.5) is 15.9 Å². The summed E-state index contributed by atoms with van der Waals surface area (Å²) < 4.78 is 13.3. The second-order valence-corrected chi connectivity index (χ2v) is 7.37. The first-order valence-corrected chi connectivity index (χ1v) is 10.4. The van der Waals surface area contributed by atoms with Gasteiger partial charge in [-0.25, -0.2) is 14.4 Å². The van der Waals surface area contributed by atoms with Gasteiger partial charge in [0.2, 0.25) is 11.8 Å². The number of hydrogen-bond donors (Lipinski definition) is 2. The minimum absolute atomic E-state index is 0.00479. The maximum Gasteiger partial charge on any atom is 0.237 e. The maximum absolute atomic E-state index is 13.3. The lowest BCUT2D eigenvalue weighted by Gasteiger charge is -2.22. The molecule has 0 bridgehead atoms. The molecule has 3 aromatic rings. The molecule has 30 heavy (non-hydrogen) atoms. The Balaban J connectivity index is 1.78. The molecular formula is C21H22FN5O2S. The van der Waals surface area contributed by atoms with E-state index in [1.807, 2.05) is 31.2 Å². The lowest BCUT2D eigenvalue weighted by Crippen LogP contribution is -2.35. The first kappa shape index (κ1) is 21.5. The normalized spacial score (nSPS) is 10.7. The average molecular weight is 428 g/mol. The van der Waals surface area contributed by atoms with Crippen LogP contribution in [0.15, 0.2) is 53.7 Å². The summed E-state index contributed by atoms with van der Waals surface area (Å²) in [6.45, 7) is 2.80. The summed E-state index contributed by atoms with van der Waals surface area (Å²) in [5.41, 5.74) is 6.51. The highest BCUT2D eigenvalue weighted by Gasteiger charge is 2.18. The summed E-state index contributed by atoms with van der Waals surface area (Å²) in [6.07, 6.45) is 0.00479. The van der Waals surface area contributed by atoms with Gasteiger partial charge in [0.25, 0.3) is 0 Å². The zero-order chi connectivity index (χ0) is 21.5. The van der Waals surface area contributed by atoms with Crippen molar-refractivity contribution in [3.63, 3.8) is 0 Å². The van der Waals surface area contributed by atoms with Crippen molar-refractivity contribution in [1.29, 1.82) is 0 Å². The van der Waals surface area contributed by atoms with Crippen LogP contribution in [-0.2, 0) is 9.59 Å². The van der Waals surface area contributed by atoms with E-state index in [-0.39, 0.29) is 24.6 Å². The van der Waals surface area contributed by atoms with Crippen LogP contribution in [0.25, 0.3) is 10.9 Å². The highest BCUT2D eigenvalue weighted by Crippen LogP contribution is 2.25. The number of aromatic nitrogens is 2. The summed E-state index contributed by atoms with van der Waals surface area (Å²) in [5, 5.41) is 4.59. The third-order valence-corrected chi connectivity index (χ3v) is 5.10. The molecule has 0 fully saturated rings. The fourth-order valence-corrected chi connectivity index (χ4v) is 3.59. The van der Waals surface area contributed by atoms with Crippen molar-refractivity contribution in [1.82, 2.24) is 9.97 Å². The minimum Gasteiger partial charge on any atom is -0.370 e. The fraction of sp³-hybridized carbons (Fsp3) is 0.238. The van der Waals surface area contributed by atoms with Gasteiger partial charge in [0.05, 0.1) is 11.3 Å². The summed E-state index contributed by atoms with van der Waals surface area (Å²) >= 11 is 1.20. The smallest absolute Gasteiger partial charge is 0.237 e. The van der Waals surface area contributed by atoms with Gasteiger partial charge in [-0.15, -0.1) is 0 Å². The van der Waals surface area contributed by atoms with E-state index in [1.54, 1.807) is 0 Å². The summed E-state index contributed by atoms with van der Waals surface area (Å²) in [5.74, 6) is -0.413. The standard InChI is InChI=1S/C21H22FN5O2S/c1-2-24-20-16-5-3-4-6-17(16)25-21(26-20)30-13-19(29)27(12-11-18(23)28)15-9-7-14(22)8-10-15/h3-10H,2,11-13H2,1H3,(H2,23,28)(H,24,25,26). The Labute approximate surface area is 177 Å². The van der Waals surface area contributed by atoms with Crippen molar-refractivity contribution < 1.29 is 14.0 Å². The zero-order valence-corrected chi connectivity index (χ0v) is 17.3. The van der Waals surface area contributed by atoms with Crippen LogP contribution in [0.5, 0.6) is 0 Å². The largest absolute Gasteiger partial charge is 0.370 e. The van der Waals surface area contributed by atoms with Crippen LogP contribution >= 0.6 is 11.8 Å². The molecule has 0 aliphatic carbocycles.